The Labute approximate surface area is 139 Å². The Morgan fingerprint density at radius 1 is 1.26 bits per heavy atom. The first kappa shape index (κ1) is 15.3. The Balaban J connectivity index is 1.87. The van der Waals surface area contributed by atoms with Crippen LogP contribution in [0.15, 0.2) is 42.6 Å². The van der Waals surface area contributed by atoms with Crippen molar-refractivity contribution in [1.82, 2.24) is 14.5 Å². The summed E-state index contributed by atoms with van der Waals surface area (Å²) >= 11 is 5.99. The van der Waals surface area contributed by atoms with Crippen LogP contribution in [0, 0.1) is 11.3 Å². The fraction of sp³-hybridized carbons (Fsp3) is 0.235. The molecule has 2 heterocycles. The highest BCUT2D eigenvalue weighted by molar-refractivity contribution is 6.31. The van der Waals surface area contributed by atoms with Gasteiger partial charge in [0.25, 0.3) is 0 Å². The lowest BCUT2D eigenvalue weighted by atomic mass is 10.3. The number of halogens is 1. The van der Waals surface area contributed by atoms with Crippen molar-refractivity contribution < 1.29 is 4.74 Å². The van der Waals surface area contributed by atoms with Gasteiger partial charge in [0.05, 0.1) is 11.1 Å². The van der Waals surface area contributed by atoms with Gasteiger partial charge in [-0.15, -0.1) is 0 Å². The van der Waals surface area contributed by atoms with E-state index in [4.69, 9.17) is 21.6 Å². The number of hydrogen-bond acceptors (Lipinski definition) is 4. The topological polar surface area (TPSA) is 63.7 Å². The van der Waals surface area contributed by atoms with Crippen LogP contribution in [-0.4, -0.2) is 14.5 Å². The van der Waals surface area contributed by atoms with Gasteiger partial charge in [0, 0.05) is 19.2 Å². The number of imidazole rings is 1. The Kier molecular flexibility index (Phi) is 4.74. The van der Waals surface area contributed by atoms with E-state index in [1.807, 2.05) is 34.9 Å². The van der Waals surface area contributed by atoms with Gasteiger partial charge in [-0.25, -0.2) is 9.97 Å². The molecule has 116 valence electrons. The molecular weight excluding hydrogens is 312 g/mol. The number of nitriles is 1. The van der Waals surface area contributed by atoms with Crippen molar-refractivity contribution in [3.8, 4) is 11.8 Å². The summed E-state index contributed by atoms with van der Waals surface area (Å²) in [5.74, 6) is 1.56. The van der Waals surface area contributed by atoms with E-state index in [1.54, 1.807) is 12.3 Å². The minimum Gasteiger partial charge on any atom is -0.486 e. The SMILES string of the molecule is N#CCCCn1c(COc2ccccc2)nc2cc(Cl)cnc21. The number of benzene rings is 1. The van der Waals surface area contributed by atoms with Gasteiger partial charge < -0.3 is 9.30 Å². The molecule has 0 aliphatic carbocycles. The van der Waals surface area contributed by atoms with Gasteiger partial charge in [0.2, 0.25) is 0 Å². The van der Waals surface area contributed by atoms with Gasteiger partial charge in [-0.2, -0.15) is 5.26 Å². The van der Waals surface area contributed by atoms with Gasteiger partial charge in [0.15, 0.2) is 5.65 Å². The van der Waals surface area contributed by atoms with E-state index >= 15 is 0 Å². The second-order valence-electron chi connectivity index (χ2n) is 5.04. The lowest BCUT2D eigenvalue weighted by molar-refractivity contribution is 0.289. The quantitative estimate of drug-likeness (QED) is 0.643. The molecule has 0 saturated heterocycles. The summed E-state index contributed by atoms with van der Waals surface area (Å²) in [6.07, 6.45) is 2.84. The molecule has 3 rings (SSSR count). The minimum absolute atomic E-state index is 0.338. The predicted molar refractivity (Wildman–Crippen MR) is 88.2 cm³/mol. The fourth-order valence-corrected chi connectivity index (χ4v) is 2.51. The maximum Gasteiger partial charge on any atom is 0.160 e. The molecule has 3 aromatic rings. The van der Waals surface area contributed by atoms with Gasteiger partial charge >= 0.3 is 0 Å². The van der Waals surface area contributed by atoms with Gasteiger partial charge in [-0.05, 0) is 24.6 Å². The average Bonchev–Trinajstić information content (AvgIpc) is 2.91. The van der Waals surface area contributed by atoms with E-state index in [-0.39, 0.29) is 0 Å². The number of aromatic nitrogens is 3. The van der Waals surface area contributed by atoms with Crippen molar-refractivity contribution in [2.24, 2.45) is 0 Å². The molecule has 0 saturated carbocycles. The molecule has 0 aliphatic heterocycles. The number of nitrogens with zero attached hydrogens (tertiary/aromatic N) is 4. The van der Waals surface area contributed by atoms with Crippen molar-refractivity contribution in [2.75, 3.05) is 0 Å². The summed E-state index contributed by atoms with van der Waals surface area (Å²) < 4.78 is 7.78. The Bertz CT molecular complexity index is 839. The smallest absolute Gasteiger partial charge is 0.160 e. The second-order valence-corrected chi connectivity index (χ2v) is 5.48. The largest absolute Gasteiger partial charge is 0.486 e. The zero-order valence-corrected chi connectivity index (χ0v) is 13.2. The third-order valence-corrected chi connectivity index (χ3v) is 3.62. The number of aryl methyl sites for hydroxylation is 1. The highest BCUT2D eigenvalue weighted by Gasteiger charge is 2.13. The standard InChI is InChI=1S/C17H15ClN4O/c18-13-10-15-17(20-11-13)22(9-5-4-8-19)16(21-15)12-23-14-6-2-1-3-7-14/h1-3,6-7,10-11H,4-5,9,12H2. The number of ether oxygens (including phenoxy) is 1. The molecule has 0 bridgehead atoms. The summed E-state index contributed by atoms with van der Waals surface area (Å²) in [4.78, 5) is 8.94. The third-order valence-electron chi connectivity index (χ3n) is 3.41. The predicted octanol–water partition coefficient (Wildman–Crippen LogP) is 3.97. The molecule has 0 fully saturated rings. The molecule has 0 aliphatic rings. The highest BCUT2D eigenvalue weighted by atomic mass is 35.5. The van der Waals surface area contributed by atoms with Crippen molar-refractivity contribution in [1.29, 1.82) is 5.26 Å². The van der Waals surface area contributed by atoms with Gasteiger partial charge in [0.1, 0.15) is 23.7 Å². The minimum atomic E-state index is 0.338. The first-order chi connectivity index (χ1) is 11.3. The molecule has 5 nitrogen and oxygen atoms in total. The summed E-state index contributed by atoms with van der Waals surface area (Å²) in [7, 11) is 0. The summed E-state index contributed by atoms with van der Waals surface area (Å²) in [6.45, 7) is 1.01. The molecule has 0 spiro atoms. The third kappa shape index (κ3) is 3.61. The van der Waals surface area contributed by atoms with Crippen LogP contribution < -0.4 is 4.74 Å². The highest BCUT2D eigenvalue weighted by Crippen LogP contribution is 2.20. The number of fused-ring (bicyclic) bond motifs is 1. The molecule has 0 amide bonds. The Morgan fingerprint density at radius 3 is 2.87 bits per heavy atom. The Hall–Kier alpha value is -2.58. The van der Waals surface area contributed by atoms with E-state index < -0.39 is 0 Å². The average molecular weight is 327 g/mol. The summed E-state index contributed by atoms with van der Waals surface area (Å²) in [5.41, 5.74) is 1.50. The zero-order chi connectivity index (χ0) is 16.1. The number of pyridine rings is 1. The number of hydrogen-bond donors (Lipinski definition) is 0. The monoisotopic (exact) mass is 326 g/mol. The van der Waals surface area contributed by atoms with Crippen LogP contribution in [-0.2, 0) is 13.2 Å². The van der Waals surface area contributed by atoms with E-state index in [9.17, 15) is 0 Å². The number of para-hydroxylation sites is 1. The molecular formula is C17H15ClN4O. The van der Waals surface area contributed by atoms with E-state index in [2.05, 4.69) is 16.0 Å². The summed E-state index contributed by atoms with van der Waals surface area (Å²) in [5, 5.41) is 9.28. The van der Waals surface area contributed by atoms with Crippen LogP contribution in [0.5, 0.6) is 5.75 Å². The van der Waals surface area contributed by atoms with Gasteiger partial charge in [-0.3, -0.25) is 0 Å². The second kappa shape index (κ2) is 7.12. The molecule has 2 aromatic heterocycles. The van der Waals surface area contributed by atoms with E-state index in [1.165, 1.54) is 0 Å². The molecule has 1 aromatic carbocycles. The van der Waals surface area contributed by atoms with Crippen molar-refractivity contribution in [3.63, 3.8) is 0 Å². The van der Waals surface area contributed by atoms with Crippen LogP contribution in [0.4, 0.5) is 0 Å². The molecule has 0 unspecified atom stereocenters. The lowest BCUT2D eigenvalue weighted by Gasteiger charge is -2.09. The van der Waals surface area contributed by atoms with Crippen LogP contribution in [0.25, 0.3) is 11.2 Å². The van der Waals surface area contributed by atoms with Crippen molar-refractivity contribution in [2.45, 2.75) is 26.0 Å². The first-order valence-electron chi connectivity index (χ1n) is 7.33. The van der Waals surface area contributed by atoms with Crippen LogP contribution in [0.3, 0.4) is 0 Å². The molecule has 0 N–H and O–H groups in total. The number of unbranched alkanes of at least 4 members (excludes halogenated alkanes) is 1. The zero-order valence-electron chi connectivity index (χ0n) is 12.4. The maximum atomic E-state index is 8.73. The molecule has 6 heteroatoms. The van der Waals surface area contributed by atoms with Crippen molar-refractivity contribution >= 4 is 22.8 Å². The normalized spacial score (nSPS) is 10.6. The first-order valence-corrected chi connectivity index (χ1v) is 7.71. The van der Waals surface area contributed by atoms with Crippen molar-refractivity contribution in [3.05, 3.63) is 53.4 Å². The molecule has 0 atom stereocenters. The van der Waals surface area contributed by atoms with Crippen LogP contribution in [0.1, 0.15) is 18.7 Å². The fourth-order valence-electron chi connectivity index (χ4n) is 2.36. The summed E-state index contributed by atoms with van der Waals surface area (Å²) in [6, 6.07) is 13.5. The number of rotatable bonds is 6. The van der Waals surface area contributed by atoms with Crippen LogP contribution in [0.2, 0.25) is 5.02 Å². The lowest BCUT2D eigenvalue weighted by Crippen LogP contribution is -2.08. The molecule has 0 radical (unpaired) electrons. The Morgan fingerprint density at radius 2 is 2.09 bits per heavy atom. The van der Waals surface area contributed by atoms with E-state index in [0.29, 0.717) is 24.6 Å². The van der Waals surface area contributed by atoms with E-state index in [0.717, 1.165) is 29.2 Å². The molecule has 23 heavy (non-hydrogen) atoms. The van der Waals surface area contributed by atoms with Crippen LogP contribution >= 0.6 is 11.6 Å². The van der Waals surface area contributed by atoms with Gasteiger partial charge in [-0.1, -0.05) is 29.8 Å². The maximum absolute atomic E-state index is 8.73.